The Morgan fingerprint density at radius 2 is 1.84 bits per heavy atom. The van der Waals surface area contributed by atoms with E-state index in [0.717, 1.165) is 5.69 Å². The second kappa shape index (κ2) is 10.3. The summed E-state index contributed by atoms with van der Waals surface area (Å²) in [4.78, 5) is 24.3. The van der Waals surface area contributed by atoms with Gasteiger partial charge in [0.1, 0.15) is 23.7 Å². The second-order valence-electron chi connectivity index (χ2n) is 6.61. The van der Waals surface area contributed by atoms with Crippen LogP contribution in [0.3, 0.4) is 0 Å². The Balaban J connectivity index is 1.55. The molecule has 3 rings (SSSR count). The number of esters is 1. The topological polar surface area (TPSA) is 91.7 Å². The zero-order valence-corrected chi connectivity index (χ0v) is 17.8. The van der Waals surface area contributed by atoms with E-state index in [2.05, 4.69) is 10.4 Å². The molecular weight excluding hydrogens is 398 g/mol. The van der Waals surface area contributed by atoms with E-state index >= 15 is 0 Å². The predicted octanol–water partition coefficient (Wildman–Crippen LogP) is 3.17. The number of hydrogen-bond donors (Lipinski definition) is 1. The molecule has 0 aliphatic rings. The Labute approximate surface area is 180 Å². The summed E-state index contributed by atoms with van der Waals surface area (Å²) in [6, 6.07) is 14.2. The van der Waals surface area contributed by atoms with E-state index in [1.807, 2.05) is 18.2 Å². The molecular formula is C23H25N3O5. The number of methoxy groups -OCH3 is 1. The van der Waals surface area contributed by atoms with Crippen molar-refractivity contribution >= 4 is 11.9 Å². The Bertz CT molecular complexity index is 1040. The molecule has 2 aromatic carbocycles. The van der Waals surface area contributed by atoms with E-state index in [9.17, 15) is 9.59 Å². The maximum atomic E-state index is 12.4. The van der Waals surface area contributed by atoms with Crippen molar-refractivity contribution in [2.45, 2.75) is 13.8 Å². The summed E-state index contributed by atoms with van der Waals surface area (Å²) < 4.78 is 17.4. The summed E-state index contributed by atoms with van der Waals surface area (Å²) in [5.74, 6) is 0.779. The number of rotatable bonds is 9. The van der Waals surface area contributed by atoms with Gasteiger partial charge in [0.25, 0.3) is 5.91 Å². The zero-order chi connectivity index (χ0) is 22.2. The summed E-state index contributed by atoms with van der Waals surface area (Å²) in [5.41, 5.74) is 2.34. The molecule has 1 aromatic heterocycles. The van der Waals surface area contributed by atoms with Crippen molar-refractivity contribution in [2.24, 2.45) is 0 Å². The highest BCUT2D eigenvalue weighted by atomic mass is 16.5. The van der Waals surface area contributed by atoms with Crippen molar-refractivity contribution in [1.82, 2.24) is 15.1 Å². The van der Waals surface area contributed by atoms with Gasteiger partial charge in [0.05, 0.1) is 37.8 Å². The molecule has 0 aliphatic carbocycles. The van der Waals surface area contributed by atoms with Crippen LogP contribution in [-0.2, 0) is 4.74 Å². The Hall–Kier alpha value is -3.81. The van der Waals surface area contributed by atoms with Gasteiger partial charge in [-0.25, -0.2) is 9.48 Å². The molecule has 0 aliphatic heterocycles. The van der Waals surface area contributed by atoms with E-state index in [1.165, 1.54) is 6.20 Å². The molecule has 1 heterocycles. The molecule has 0 fully saturated rings. The van der Waals surface area contributed by atoms with Gasteiger partial charge in [0.2, 0.25) is 0 Å². The van der Waals surface area contributed by atoms with E-state index in [1.54, 1.807) is 56.0 Å². The molecule has 0 spiro atoms. The normalized spacial score (nSPS) is 10.4. The third-order valence-corrected chi connectivity index (χ3v) is 4.58. The molecule has 8 nitrogen and oxygen atoms in total. The first-order chi connectivity index (χ1) is 15.0. The number of benzene rings is 2. The van der Waals surface area contributed by atoms with Gasteiger partial charge in [0, 0.05) is 11.6 Å². The van der Waals surface area contributed by atoms with Gasteiger partial charge in [-0.3, -0.25) is 4.79 Å². The number of carbonyl (C=O) groups excluding carboxylic acids is 2. The summed E-state index contributed by atoms with van der Waals surface area (Å²) in [6.45, 7) is 4.55. The van der Waals surface area contributed by atoms with Crippen molar-refractivity contribution in [2.75, 3.05) is 26.9 Å². The maximum absolute atomic E-state index is 12.4. The van der Waals surface area contributed by atoms with Gasteiger partial charge in [-0.05, 0) is 50.2 Å². The SMILES string of the molecule is CCOC(=O)c1cnn(-c2ccc(C(=O)NCCOc3cccc(OC)c3)cc2)c1C. The zero-order valence-electron chi connectivity index (χ0n) is 17.8. The molecule has 0 saturated heterocycles. The van der Waals surface area contributed by atoms with Crippen molar-refractivity contribution in [1.29, 1.82) is 0 Å². The van der Waals surface area contributed by atoms with Crippen LogP contribution in [0.15, 0.2) is 54.7 Å². The molecule has 162 valence electrons. The predicted molar refractivity (Wildman–Crippen MR) is 115 cm³/mol. The fraction of sp³-hybridized carbons (Fsp3) is 0.261. The highest BCUT2D eigenvalue weighted by Crippen LogP contribution is 2.19. The van der Waals surface area contributed by atoms with Crippen molar-refractivity contribution in [3.05, 3.63) is 71.5 Å². The standard InChI is InChI=1S/C23H25N3O5/c1-4-30-23(28)21-15-25-26(16(21)2)18-10-8-17(9-11-18)22(27)24-12-13-31-20-7-5-6-19(14-20)29-3/h5-11,14-15H,4,12-13H2,1-3H3,(H,24,27). The van der Waals surface area contributed by atoms with E-state index < -0.39 is 5.97 Å². The fourth-order valence-corrected chi connectivity index (χ4v) is 2.96. The molecule has 0 unspecified atom stereocenters. The fourth-order valence-electron chi connectivity index (χ4n) is 2.96. The van der Waals surface area contributed by atoms with Gasteiger partial charge in [-0.2, -0.15) is 5.10 Å². The van der Waals surface area contributed by atoms with Gasteiger partial charge in [0.15, 0.2) is 0 Å². The Kier molecular flexibility index (Phi) is 7.26. The lowest BCUT2D eigenvalue weighted by molar-refractivity contribution is 0.0525. The first-order valence-electron chi connectivity index (χ1n) is 9.90. The number of aromatic nitrogens is 2. The average Bonchev–Trinajstić information content (AvgIpc) is 3.18. The molecule has 3 aromatic rings. The molecule has 0 radical (unpaired) electrons. The van der Waals surface area contributed by atoms with Gasteiger partial charge in [-0.15, -0.1) is 0 Å². The third kappa shape index (κ3) is 5.42. The van der Waals surface area contributed by atoms with Gasteiger partial charge in [-0.1, -0.05) is 6.07 Å². The second-order valence-corrected chi connectivity index (χ2v) is 6.61. The minimum Gasteiger partial charge on any atom is -0.497 e. The molecule has 31 heavy (non-hydrogen) atoms. The van der Waals surface area contributed by atoms with Crippen LogP contribution in [0.2, 0.25) is 0 Å². The van der Waals surface area contributed by atoms with Crippen LogP contribution in [-0.4, -0.2) is 48.5 Å². The first-order valence-corrected chi connectivity index (χ1v) is 9.90. The van der Waals surface area contributed by atoms with Crippen LogP contribution < -0.4 is 14.8 Å². The number of nitrogens with zero attached hydrogens (tertiary/aromatic N) is 2. The lowest BCUT2D eigenvalue weighted by atomic mass is 10.2. The average molecular weight is 423 g/mol. The minimum absolute atomic E-state index is 0.204. The number of nitrogens with one attached hydrogen (secondary N) is 1. The summed E-state index contributed by atoms with van der Waals surface area (Å²) in [5, 5.41) is 7.08. The molecule has 8 heteroatoms. The highest BCUT2D eigenvalue weighted by molar-refractivity contribution is 5.94. The van der Waals surface area contributed by atoms with Crippen LogP contribution in [0.4, 0.5) is 0 Å². The van der Waals surface area contributed by atoms with Gasteiger partial charge < -0.3 is 19.5 Å². The molecule has 0 bridgehead atoms. The van der Waals surface area contributed by atoms with E-state index in [4.69, 9.17) is 14.2 Å². The van der Waals surface area contributed by atoms with Crippen molar-refractivity contribution in [3.63, 3.8) is 0 Å². The van der Waals surface area contributed by atoms with Crippen LogP contribution in [0.25, 0.3) is 5.69 Å². The largest absolute Gasteiger partial charge is 0.497 e. The molecule has 0 saturated carbocycles. The van der Waals surface area contributed by atoms with Crippen molar-refractivity contribution < 1.29 is 23.8 Å². The summed E-state index contributed by atoms with van der Waals surface area (Å²) >= 11 is 0. The van der Waals surface area contributed by atoms with Crippen molar-refractivity contribution in [3.8, 4) is 17.2 Å². The quantitative estimate of drug-likeness (QED) is 0.420. The van der Waals surface area contributed by atoms with Crippen LogP contribution in [0, 0.1) is 6.92 Å². The molecule has 0 atom stereocenters. The number of hydrogen-bond acceptors (Lipinski definition) is 6. The number of amides is 1. The highest BCUT2D eigenvalue weighted by Gasteiger charge is 2.16. The number of ether oxygens (including phenoxy) is 3. The molecule has 1 amide bonds. The lowest BCUT2D eigenvalue weighted by Gasteiger charge is -2.10. The van der Waals surface area contributed by atoms with E-state index in [-0.39, 0.29) is 5.91 Å². The smallest absolute Gasteiger partial charge is 0.341 e. The van der Waals surface area contributed by atoms with Crippen LogP contribution in [0.5, 0.6) is 11.5 Å². The van der Waals surface area contributed by atoms with Crippen LogP contribution >= 0.6 is 0 Å². The first kappa shape index (κ1) is 21.9. The van der Waals surface area contributed by atoms with E-state index in [0.29, 0.717) is 48.1 Å². The Morgan fingerprint density at radius 3 is 2.55 bits per heavy atom. The number of carbonyl (C=O) groups is 2. The lowest BCUT2D eigenvalue weighted by Crippen LogP contribution is -2.28. The monoisotopic (exact) mass is 423 g/mol. The minimum atomic E-state index is -0.404. The molecule has 1 N–H and O–H groups in total. The summed E-state index contributed by atoms with van der Waals surface area (Å²) in [6.07, 6.45) is 1.48. The Morgan fingerprint density at radius 1 is 1.10 bits per heavy atom. The summed E-state index contributed by atoms with van der Waals surface area (Å²) in [7, 11) is 1.59. The third-order valence-electron chi connectivity index (χ3n) is 4.58. The van der Waals surface area contributed by atoms with Gasteiger partial charge >= 0.3 is 5.97 Å². The maximum Gasteiger partial charge on any atom is 0.341 e. The van der Waals surface area contributed by atoms with Crippen LogP contribution in [0.1, 0.15) is 33.3 Å².